The van der Waals surface area contributed by atoms with Gasteiger partial charge in [-0.2, -0.15) is 0 Å². The molecule has 2 aromatic carbocycles. The van der Waals surface area contributed by atoms with Crippen LogP contribution in [0.15, 0.2) is 83.4 Å². The number of aromatic nitrogens is 1. The number of hydrogen-bond acceptors (Lipinski definition) is 4. The highest BCUT2D eigenvalue weighted by Crippen LogP contribution is 2.41. The molecule has 1 fully saturated rings. The van der Waals surface area contributed by atoms with Crippen molar-refractivity contribution in [1.29, 1.82) is 0 Å². The summed E-state index contributed by atoms with van der Waals surface area (Å²) in [7, 11) is 0. The Bertz CT molecular complexity index is 1430. The molecule has 3 heterocycles. The predicted octanol–water partition coefficient (Wildman–Crippen LogP) is 6.79. The van der Waals surface area contributed by atoms with Gasteiger partial charge in [0.25, 0.3) is 0 Å². The Morgan fingerprint density at radius 2 is 1.92 bits per heavy atom. The van der Waals surface area contributed by atoms with Crippen molar-refractivity contribution in [2.45, 2.75) is 18.5 Å². The van der Waals surface area contributed by atoms with Gasteiger partial charge in [-0.15, -0.1) is 0 Å². The second-order valence-electron chi connectivity index (χ2n) is 8.45. The number of hydrogen-bond donors (Lipinski definition) is 2. The van der Waals surface area contributed by atoms with Crippen molar-refractivity contribution in [2.24, 2.45) is 0 Å². The number of furan rings is 1. The first-order valence-electron chi connectivity index (χ1n) is 11.5. The van der Waals surface area contributed by atoms with E-state index in [-0.39, 0.29) is 30.2 Å². The molecule has 0 bridgehead atoms. The van der Waals surface area contributed by atoms with Gasteiger partial charge in [0.15, 0.2) is 5.11 Å². The quantitative estimate of drug-likeness (QED) is 0.245. The number of benzene rings is 2. The molecule has 0 aliphatic carbocycles. The van der Waals surface area contributed by atoms with Gasteiger partial charge < -0.3 is 20.0 Å². The number of nitrogens with one attached hydrogen (secondary N) is 2. The molecule has 6 nitrogen and oxygen atoms in total. The van der Waals surface area contributed by atoms with Crippen LogP contribution in [0.25, 0.3) is 11.3 Å². The van der Waals surface area contributed by atoms with Gasteiger partial charge in [-0.05, 0) is 78.9 Å². The van der Waals surface area contributed by atoms with E-state index in [0.29, 0.717) is 44.5 Å². The highest BCUT2D eigenvalue weighted by atomic mass is 35.5. The Kier molecular flexibility index (Phi) is 7.41. The van der Waals surface area contributed by atoms with Gasteiger partial charge in [0.05, 0.1) is 16.8 Å². The first kappa shape index (κ1) is 25.2. The van der Waals surface area contributed by atoms with Gasteiger partial charge in [-0.3, -0.25) is 9.78 Å². The molecule has 2 N–H and O–H groups in total. The minimum Gasteiger partial charge on any atom is -0.459 e. The van der Waals surface area contributed by atoms with Crippen LogP contribution in [0.2, 0.25) is 10.0 Å². The van der Waals surface area contributed by atoms with Crippen LogP contribution in [0.5, 0.6) is 0 Å². The minimum atomic E-state index is -0.368. The smallest absolute Gasteiger partial charge is 0.226 e. The number of amides is 1. The molecule has 2 aromatic heterocycles. The first-order chi connectivity index (χ1) is 17.9. The largest absolute Gasteiger partial charge is 0.459 e. The van der Waals surface area contributed by atoms with Crippen LogP contribution >= 0.6 is 35.4 Å². The monoisotopic (exact) mass is 554 g/mol. The number of anilines is 1. The normalized spacial score (nSPS) is 17.1. The maximum absolute atomic E-state index is 13.2. The zero-order chi connectivity index (χ0) is 25.9. The molecule has 1 saturated heterocycles. The van der Waals surface area contributed by atoms with Crippen LogP contribution in [0, 0.1) is 5.82 Å². The lowest BCUT2D eigenvalue weighted by Gasteiger charge is -2.25. The lowest BCUT2D eigenvalue weighted by molar-refractivity contribution is -0.116. The number of thiocarbonyl (C=S) groups is 1. The highest BCUT2D eigenvalue weighted by molar-refractivity contribution is 7.80. The zero-order valence-electron chi connectivity index (χ0n) is 19.3. The second-order valence-corrected chi connectivity index (χ2v) is 9.68. The molecule has 1 aliphatic rings. The average molecular weight is 555 g/mol. The number of carbonyl (C=O) groups excluding carboxylic acids is 1. The average Bonchev–Trinajstić information content (AvgIpc) is 3.49. The van der Waals surface area contributed by atoms with E-state index in [4.69, 9.17) is 39.8 Å². The van der Waals surface area contributed by atoms with Crippen LogP contribution in [0.4, 0.5) is 10.1 Å². The summed E-state index contributed by atoms with van der Waals surface area (Å²) in [6.07, 6.45) is 1.87. The fraction of sp³-hybridized carbons (Fsp3) is 0.148. The van der Waals surface area contributed by atoms with Crippen molar-refractivity contribution in [3.05, 3.63) is 106 Å². The number of carbonyl (C=O) groups is 1. The van der Waals surface area contributed by atoms with E-state index in [9.17, 15) is 9.18 Å². The van der Waals surface area contributed by atoms with Crippen molar-refractivity contribution < 1.29 is 13.6 Å². The van der Waals surface area contributed by atoms with Crippen molar-refractivity contribution in [3.8, 4) is 11.3 Å². The third-order valence-corrected chi connectivity index (χ3v) is 6.92. The number of rotatable bonds is 7. The molecule has 188 valence electrons. The SMILES string of the molecule is O=C(CCN1C(=S)N[C@H](c2ccccn2)[C@@H]1c1ccc(-c2ccc(Cl)cc2Cl)o1)Nc1ccc(F)cc1. The lowest BCUT2D eigenvalue weighted by Crippen LogP contribution is -2.32. The van der Waals surface area contributed by atoms with E-state index >= 15 is 0 Å². The fourth-order valence-electron chi connectivity index (χ4n) is 4.28. The molecule has 37 heavy (non-hydrogen) atoms. The van der Waals surface area contributed by atoms with Crippen molar-refractivity contribution in [2.75, 3.05) is 11.9 Å². The summed E-state index contributed by atoms with van der Waals surface area (Å²) in [5.74, 6) is 0.640. The topological polar surface area (TPSA) is 70.4 Å². The highest BCUT2D eigenvalue weighted by Gasteiger charge is 2.41. The molecule has 0 saturated carbocycles. The summed E-state index contributed by atoms with van der Waals surface area (Å²) in [6.45, 7) is 0.324. The maximum Gasteiger partial charge on any atom is 0.226 e. The molecule has 2 atom stereocenters. The van der Waals surface area contributed by atoms with Gasteiger partial charge in [0, 0.05) is 35.4 Å². The van der Waals surface area contributed by atoms with Crippen molar-refractivity contribution in [3.63, 3.8) is 0 Å². The molecule has 0 unspecified atom stereocenters. The molecule has 1 aliphatic heterocycles. The molecular formula is C27H21Cl2FN4O2S. The summed E-state index contributed by atoms with van der Waals surface area (Å²) in [4.78, 5) is 19.1. The van der Waals surface area contributed by atoms with E-state index in [1.165, 1.54) is 24.3 Å². The Morgan fingerprint density at radius 1 is 1.11 bits per heavy atom. The van der Waals surface area contributed by atoms with Gasteiger partial charge in [0.2, 0.25) is 5.91 Å². The molecule has 0 radical (unpaired) electrons. The Balaban J connectivity index is 1.40. The Hall–Kier alpha value is -3.46. The van der Waals surface area contributed by atoms with Crippen LogP contribution in [-0.4, -0.2) is 27.4 Å². The van der Waals surface area contributed by atoms with Crippen molar-refractivity contribution in [1.82, 2.24) is 15.2 Å². The van der Waals surface area contributed by atoms with Gasteiger partial charge in [0.1, 0.15) is 23.4 Å². The van der Waals surface area contributed by atoms with Crippen LogP contribution in [0.3, 0.4) is 0 Å². The minimum absolute atomic E-state index is 0.154. The molecule has 0 spiro atoms. The summed E-state index contributed by atoms with van der Waals surface area (Å²) < 4.78 is 19.5. The number of pyridine rings is 1. The molecule has 4 aromatic rings. The summed E-state index contributed by atoms with van der Waals surface area (Å²) in [5.41, 5.74) is 2.02. The summed E-state index contributed by atoms with van der Waals surface area (Å²) in [5, 5.41) is 7.61. The first-order valence-corrected chi connectivity index (χ1v) is 12.6. The van der Waals surface area contributed by atoms with Crippen molar-refractivity contribution >= 4 is 52.1 Å². The van der Waals surface area contributed by atoms with E-state index in [1.807, 2.05) is 35.2 Å². The van der Waals surface area contributed by atoms with E-state index in [2.05, 4.69) is 15.6 Å². The van der Waals surface area contributed by atoms with Gasteiger partial charge in [-0.1, -0.05) is 29.3 Å². The standard InChI is InChI=1S/C27H21Cl2FN4O2S/c28-16-4-9-19(20(29)15-16)22-10-11-23(36-22)26-25(21-3-1-2-13-31-21)33-27(37)34(26)14-12-24(35)32-18-7-5-17(30)6-8-18/h1-11,13,15,25-26H,12,14H2,(H,32,35)(H,33,37)/t25-,26+/m1/s1. The lowest BCUT2D eigenvalue weighted by atomic mass is 10.0. The molecular weight excluding hydrogens is 534 g/mol. The predicted molar refractivity (Wildman–Crippen MR) is 146 cm³/mol. The molecule has 1 amide bonds. The van der Waals surface area contributed by atoms with E-state index in [0.717, 1.165) is 5.69 Å². The van der Waals surface area contributed by atoms with Gasteiger partial charge in [-0.25, -0.2) is 4.39 Å². The Labute approximate surface area is 228 Å². The number of nitrogens with zero attached hydrogens (tertiary/aromatic N) is 2. The third-order valence-electron chi connectivity index (χ3n) is 6.02. The second kappa shape index (κ2) is 10.9. The molecule has 10 heteroatoms. The maximum atomic E-state index is 13.2. The fourth-order valence-corrected chi connectivity index (χ4v) is 5.11. The number of halogens is 3. The van der Waals surface area contributed by atoms with Crippen LogP contribution in [0.1, 0.15) is 30.0 Å². The molecule has 5 rings (SSSR count). The zero-order valence-corrected chi connectivity index (χ0v) is 21.7. The van der Waals surface area contributed by atoms with Crippen LogP contribution in [-0.2, 0) is 4.79 Å². The van der Waals surface area contributed by atoms with E-state index in [1.54, 1.807) is 24.4 Å². The van der Waals surface area contributed by atoms with E-state index < -0.39 is 0 Å². The Morgan fingerprint density at radius 3 is 2.65 bits per heavy atom. The third kappa shape index (κ3) is 5.61. The summed E-state index contributed by atoms with van der Waals surface area (Å²) in [6, 6.07) is 19.6. The van der Waals surface area contributed by atoms with Crippen LogP contribution < -0.4 is 10.6 Å². The van der Waals surface area contributed by atoms with Gasteiger partial charge >= 0.3 is 0 Å². The summed E-state index contributed by atoms with van der Waals surface area (Å²) >= 11 is 18.1.